The summed E-state index contributed by atoms with van der Waals surface area (Å²) in [4.78, 5) is 0. The molecule has 0 nitrogen and oxygen atoms in total. The van der Waals surface area contributed by atoms with Gasteiger partial charge in [0.15, 0.2) is 0 Å². The standard InChI is InChI=1S/2C13H13.C2H6Si.Zr/c2*1-3-7-12-10(5-1)9-11-6-2-4-8-13(11)12;1-3-2;/h2*1,3,5-7H,2,4,8-9H2;1-2H3;/q2*-1;;+2. The Bertz CT molecular complexity index is 846. The smallest absolute Gasteiger partial charge is 0.226 e. The summed E-state index contributed by atoms with van der Waals surface area (Å²) in [7, 11) is 1.08. The number of hydrogen-bond donors (Lipinski definition) is 0. The zero-order chi connectivity index (χ0) is 20.1. The summed E-state index contributed by atoms with van der Waals surface area (Å²) in [6.07, 6.45) is 15.1. The van der Waals surface area contributed by atoms with Gasteiger partial charge in [-0.3, -0.25) is 0 Å². The van der Waals surface area contributed by atoms with E-state index in [9.17, 15) is 0 Å². The van der Waals surface area contributed by atoms with E-state index in [-0.39, 0.29) is 26.2 Å². The molecular weight excluding hydrogens is 456 g/mol. The minimum Gasteiger partial charge on any atom is -0.226 e. The predicted molar refractivity (Wildman–Crippen MR) is 128 cm³/mol. The Labute approximate surface area is 205 Å². The van der Waals surface area contributed by atoms with Crippen molar-refractivity contribution < 1.29 is 26.2 Å². The molecule has 0 bridgehead atoms. The molecule has 0 unspecified atom stereocenters. The predicted octanol–water partition coefficient (Wildman–Crippen LogP) is 7.55. The van der Waals surface area contributed by atoms with Crippen LogP contribution in [0, 0.1) is 12.8 Å². The molecule has 0 atom stereocenters. The van der Waals surface area contributed by atoms with Gasteiger partial charge < -0.3 is 0 Å². The Kier molecular flexibility index (Phi) is 8.90. The molecule has 0 aromatic heterocycles. The van der Waals surface area contributed by atoms with Crippen molar-refractivity contribution in [1.82, 2.24) is 0 Å². The van der Waals surface area contributed by atoms with Gasteiger partial charge in [-0.25, -0.2) is 24.0 Å². The first-order chi connectivity index (χ1) is 14.3. The molecule has 2 radical (unpaired) electrons. The monoisotopic (exact) mass is 486 g/mol. The number of benzene rings is 2. The zero-order valence-corrected chi connectivity index (χ0v) is 21.9. The van der Waals surface area contributed by atoms with Crippen molar-refractivity contribution in [3.63, 3.8) is 0 Å². The molecule has 152 valence electrons. The van der Waals surface area contributed by atoms with Gasteiger partial charge in [-0.1, -0.05) is 98.4 Å². The van der Waals surface area contributed by atoms with Crippen LogP contribution >= 0.6 is 0 Å². The van der Waals surface area contributed by atoms with Gasteiger partial charge in [0.1, 0.15) is 0 Å². The summed E-state index contributed by atoms with van der Waals surface area (Å²) >= 11 is 0. The van der Waals surface area contributed by atoms with Gasteiger partial charge in [-0.05, 0) is 12.8 Å². The van der Waals surface area contributed by atoms with Crippen LogP contribution in [0.2, 0.25) is 13.1 Å². The SMILES string of the molecule is C[Si]C.[Zr+2].c1ccc2c(c1)CC1=C2CCC[CH-]1.c1ccc2c(c1)CC1=C2CCC[CH-]1. The number of rotatable bonds is 0. The van der Waals surface area contributed by atoms with Gasteiger partial charge >= 0.3 is 26.2 Å². The summed E-state index contributed by atoms with van der Waals surface area (Å²) < 4.78 is 0. The van der Waals surface area contributed by atoms with Crippen LogP contribution in [0.25, 0.3) is 11.1 Å². The topological polar surface area (TPSA) is 0 Å². The van der Waals surface area contributed by atoms with Crippen molar-refractivity contribution in [2.75, 3.05) is 0 Å². The van der Waals surface area contributed by atoms with E-state index in [0.29, 0.717) is 0 Å². The van der Waals surface area contributed by atoms with Gasteiger partial charge in [-0.2, -0.15) is 11.1 Å². The Morgan fingerprint density at radius 2 is 1.07 bits per heavy atom. The fourth-order valence-corrected chi connectivity index (χ4v) is 5.00. The molecule has 0 heterocycles. The molecule has 0 fully saturated rings. The molecule has 0 amide bonds. The van der Waals surface area contributed by atoms with E-state index in [1.807, 2.05) is 0 Å². The first kappa shape index (κ1) is 23.4. The first-order valence-corrected chi connectivity index (χ1v) is 13.2. The van der Waals surface area contributed by atoms with E-state index in [1.165, 1.54) is 73.6 Å². The summed E-state index contributed by atoms with van der Waals surface area (Å²) in [5.41, 5.74) is 12.6. The molecular formula is C28H32SiZr. The third kappa shape index (κ3) is 5.14. The number of hydrogen-bond acceptors (Lipinski definition) is 0. The second-order valence-corrected chi connectivity index (χ2v) is 9.37. The van der Waals surface area contributed by atoms with E-state index in [2.05, 4.69) is 74.5 Å². The van der Waals surface area contributed by atoms with Crippen molar-refractivity contribution in [3.05, 3.63) is 94.8 Å². The fourth-order valence-electron chi connectivity index (χ4n) is 5.00. The fraction of sp³-hybridized carbons (Fsp3) is 0.357. The van der Waals surface area contributed by atoms with Crippen LogP contribution in [-0.4, -0.2) is 9.52 Å². The van der Waals surface area contributed by atoms with Crippen LogP contribution < -0.4 is 0 Å². The summed E-state index contributed by atoms with van der Waals surface area (Å²) in [6, 6.07) is 17.7. The van der Waals surface area contributed by atoms with E-state index in [1.54, 1.807) is 22.3 Å². The van der Waals surface area contributed by atoms with Gasteiger partial charge in [0.25, 0.3) is 0 Å². The van der Waals surface area contributed by atoms with Crippen LogP contribution in [-0.2, 0) is 39.0 Å². The zero-order valence-electron chi connectivity index (χ0n) is 18.4. The van der Waals surface area contributed by atoms with Crippen LogP contribution in [0.15, 0.2) is 59.7 Å². The molecule has 0 saturated carbocycles. The average molecular weight is 488 g/mol. The van der Waals surface area contributed by atoms with Crippen molar-refractivity contribution >= 4 is 20.7 Å². The number of allylic oxidation sites excluding steroid dienone is 4. The third-order valence-corrected chi connectivity index (χ3v) is 6.27. The molecule has 0 saturated heterocycles. The molecule has 2 heteroatoms. The van der Waals surface area contributed by atoms with E-state index in [4.69, 9.17) is 0 Å². The number of fused-ring (bicyclic) bond motifs is 4. The Morgan fingerprint density at radius 3 is 1.50 bits per heavy atom. The minimum atomic E-state index is 0. The molecule has 6 rings (SSSR count). The summed E-state index contributed by atoms with van der Waals surface area (Å²) in [5.74, 6) is 0. The van der Waals surface area contributed by atoms with Crippen LogP contribution in [0.5, 0.6) is 0 Å². The van der Waals surface area contributed by atoms with Gasteiger partial charge in [0.05, 0.1) is 0 Å². The van der Waals surface area contributed by atoms with Crippen LogP contribution in [0.1, 0.15) is 60.8 Å². The van der Waals surface area contributed by atoms with Crippen LogP contribution in [0.3, 0.4) is 0 Å². The van der Waals surface area contributed by atoms with Gasteiger partial charge in [-0.15, -0.1) is 24.0 Å². The molecule has 30 heavy (non-hydrogen) atoms. The molecule has 0 aliphatic heterocycles. The largest absolute Gasteiger partial charge is 2.00 e. The molecule has 2 aromatic rings. The maximum Gasteiger partial charge on any atom is 2.00 e. The maximum absolute atomic E-state index is 2.43. The van der Waals surface area contributed by atoms with Crippen molar-refractivity contribution in [2.24, 2.45) is 0 Å². The second kappa shape index (κ2) is 11.4. The summed E-state index contributed by atoms with van der Waals surface area (Å²) in [5, 5.41) is 0. The molecule has 0 spiro atoms. The van der Waals surface area contributed by atoms with E-state index < -0.39 is 0 Å². The Hall–Kier alpha value is -1.24. The Balaban J connectivity index is 0.000000147. The van der Waals surface area contributed by atoms with E-state index >= 15 is 0 Å². The third-order valence-electron chi connectivity index (χ3n) is 6.27. The molecule has 0 N–H and O–H groups in total. The van der Waals surface area contributed by atoms with Crippen molar-refractivity contribution in [3.8, 4) is 0 Å². The Morgan fingerprint density at radius 1 is 0.667 bits per heavy atom. The van der Waals surface area contributed by atoms with Gasteiger partial charge in [0.2, 0.25) is 0 Å². The summed E-state index contributed by atoms with van der Waals surface area (Å²) in [6.45, 7) is 4.31. The molecule has 4 aliphatic rings. The maximum atomic E-state index is 2.43. The second-order valence-electron chi connectivity index (χ2n) is 8.37. The van der Waals surface area contributed by atoms with Crippen molar-refractivity contribution in [1.29, 1.82) is 0 Å². The quantitative estimate of drug-likeness (QED) is 0.266. The van der Waals surface area contributed by atoms with Gasteiger partial charge in [0, 0.05) is 9.52 Å². The first-order valence-electron chi connectivity index (χ1n) is 11.2. The average Bonchev–Trinajstić information content (AvgIpc) is 3.33. The molecule has 2 aromatic carbocycles. The minimum absolute atomic E-state index is 0. The normalized spacial score (nSPS) is 17.4. The van der Waals surface area contributed by atoms with E-state index in [0.717, 1.165) is 9.52 Å². The van der Waals surface area contributed by atoms with Crippen molar-refractivity contribution in [2.45, 2.75) is 64.5 Å². The van der Waals surface area contributed by atoms with Crippen LogP contribution in [0.4, 0.5) is 0 Å². The molecule has 4 aliphatic carbocycles.